The molecule has 0 saturated carbocycles. The third-order valence-corrected chi connectivity index (χ3v) is 3.67. The maximum atomic E-state index is 10.6. The summed E-state index contributed by atoms with van der Waals surface area (Å²) in [6.45, 7) is 2.02. The molecule has 0 aliphatic carbocycles. The summed E-state index contributed by atoms with van der Waals surface area (Å²) in [4.78, 5) is 0. The molecule has 0 spiro atoms. The molecule has 3 N–H and O–H groups in total. The number of rotatable bonds is 2. The lowest BCUT2D eigenvalue weighted by atomic mass is 10.1. The van der Waals surface area contributed by atoms with E-state index in [9.17, 15) is 8.42 Å². The predicted octanol–water partition coefficient (Wildman–Crippen LogP) is -0.469. The van der Waals surface area contributed by atoms with Crippen molar-refractivity contribution in [3.63, 3.8) is 0 Å². The van der Waals surface area contributed by atoms with Gasteiger partial charge in [0.2, 0.25) is 0 Å². The predicted molar refractivity (Wildman–Crippen MR) is 46.5 cm³/mol. The summed E-state index contributed by atoms with van der Waals surface area (Å²) in [6, 6.07) is 0.0231. The van der Waals surface area contributed by atoms with Crippen molar-refractivity contribution in [2.45, 2.75) is 13.0 Å². The molecule has 0 aromatic heterocycles. The van der Waals surface area contributed by atoms with Gasteiger partial charge < -0.3 is 0 Å². The van der Waals surface area contributed by atoms with Crippen molar-refractivity contribution in [3.05, 3.63) is 0 Å². The van der Waals surface area contributed by atoms with Crippen LogP contribution in [0.2, 0.25) is 0 Å². The molecule has 2 unspecified atom stereocenters. The molecule has 11 heavy (non-hydrogen) atoms. The molecular formula is C5H12N2O2S2. The molecule has 1 aliphatic heterocycles. The summed E-state index contributed by atoms with van der Waals surface area (Å²) in [6.07, 6.45) is 0. The summed E-state index contributed by atoms with van der Waals surface area (Å²) in [5.41, 5.74) is 0. The number of thioether (sulfide) groups is 1. The SMILES string of the molecule is CC1CSCC1NS(N)(=O)=O. The lowest BCUT2D eigenvalue weighted by molar-refractivity contribution is 0.503. The zero-order valence-electron chi connectivity index (χ0n) is 6.28. The normalized spacial score (nSPS) is 32.5. The highest BCUT2D eigenvalue weighted by atomic mass is 32.2. The molecule has 0 aromatic rings. The van der Waals surface area contributed by atoms with E-state index >= 15 is 0 Å². The molecule has 1 aliphatic rings. The van der Waals surface area contributed by atoms with E-state index in [0.717, 1.165) is 11.5 Å². The van der Waals surface area contributed by atoms with Gasteiger partial charge in [0.25, 0.3) is 10.2 Å². The van der Waals surface area contributed by atoms with Crippen LogP contribution in [-0.4, -0.2) is 26.0 Å². The van der Waals surface area contributed by atoms with Gasteiger partial charge in [-0.05, 0) is 11.7 Å². The number of hydrogen-bond acceptors (Lipinski definition) is 3. The molecule has 2 atom stereocenters. The highest BCUT2D eigenvalue weighted by molar-refractivity contribution is 7.99. The van der Waals surface area contributed by atoms with Gasteiger partial charge in [0.05, 0.1) is 0 Å². The Morgan fingerprint density at radius 3 is 2.55 bits per heavy atom. The lowest BCUT2D eigenvalue weighted by Gasteiger charge is -2.13. The first-order valence-corrected chi connectivity index (χ1v) is 6.07. The summed E-state index contributed by atoms with van der Waals surface area (Å²) in [7, 11) is -3.50. The van der Waals surface area contributed by atoms with Crippen molar-refractivity contribution in [3.8, 4) is 0 Å². The number of nitrogens with two attached hydrogens (primary N) is 1. The Morgan fingerprint density at radius 2 is 2.18 bits per heavy atom. The Labute approximate surface area is 71.1 Å². The van der Waals surface area contributed by atoms with Gasteiger partial charge in [-0.15, -0.1) is 0 Å². The van der Waals surface area contributed by atoms with Crippen molar-refractivity contribution < 1.29 is 8.42 Å². The van der Waals surface area contributed by atoms with E-state index in [1.165, 1.54) is 0 Å². The first kappa shape index (κ1) is 9.31. The van der Waals surface area contributed by atoms with Gasteiger partial charge in [-0.25, -0.2) is 5.14 Å². The van der Waals surface area contributed by atoms with E-state index in [1.54, 1.807) is 11.8 Å². The smallest absolute Gasteiger partial charge is 0.216 e. The minimum atomic E-state index is -3.50. The Kier molecular flexibility index (Phi) is 2.79. The van der Waals surface area contributed by atoms with Gasteiger partial charge in [0, 0.05) is 11.8 Å². The summed E-state index contributed by atoms with van der Waals surface area (Å²) >= 11 is 1.75. The van der Waals surface area contributed by atoms with Crippen LogP contribution in [0.4, 0.5) is 0 Å². The zero-order chi connectivity index (χ0) is 8.48. The van der Waals surface area contributed by atoms with E-state index in [-0.39, 0.29) is 6.04 Å². The van der Waals surface area contributed by atoms with Gasteiger partial charge in [-0.2, -0.15) is 24.9 Å². The largest absolute Gasteiger partial charge is 0.274 e. The van der Waals surface area contributed by atoms with Crippen LogP contribution in [0.5, 0.6) is 0 Å². The average Bonchev–Trinajstić information content (AvgIpc) is 2.12. The van der Waals surface area contributed by atoms with Crippen LogP contribution < -0.4 is 9.86 Å². The average molecular weight is 196 g/mol. The minimum absolute atomic E-state index is 0.0231. The molecule has 66 valence electrons. The fourth-order valence-electron chi connectivity index (χ4n) is 1.02. The Morgan fingerprint density at radius 1 is 1.55 bits per heavy atom. The maximum absolute atomic E-state index is 10.6. The molecular weight excluding hydrogens is 184 g/mol. The van der Waals surface area contributed by atoms with Crippen LogP contribution in [0, 0.1) is 5.92 Å². The van der Waals surface area contributed by atoms with Crippen molar-refractivity contribution in [1.82, 2.24) is 4.72 Å². The van der Waals surface area contributed by atoms with Gasteiger partial charge in [-0.1, -0.05) is 6.92 Å². The van der Waals surface area contributed by atoms with Crippen molar-refractivity contribution in [2.24, 2.45) is 11.1 Å². The molecule has 0 bridgehead atoms. The molecule has 6 heteroatoms. The highest BCUT2D eigenvalue weighted by Gasteiger charge is 2.26. The zero-order valence-corrected chi connectivity index (χ0v) is 7.91. The van der Waals surface area contributed by atoms with Gasteiger partial charge in [0.1, 0.15) is 0 Å². The second kappa shape index (κ2) is 3.30. The van der Waals surface area contributed by atoms with Crippen LogP contribution in [0.25, 0.3) is 0 Å². The van der Waals surface area contributed by atoms with Gasteiger partial charge >= 0.3 is 0 Å². The van der Waals surface area contributed by atoms with E-state index in [2.05, 4.69) is 4.72 Å². The molecule has 1 heterocycles. The number of nitrogens with one attached hydrogen (secondary N) is 1. The topological polar surface area (TPSA) is 72.2 Å². The second-order valence-electron chi connectivity index (χ2n) is 2.78. The van der Waals surface area contributed by atoms with Crippen molar-refractivity contribution in [2.75, 3.05) is 11.5 Å². The first-order chi connectivity index (χ1) is 4.99. The van der Waals surface area contributed by atoms with E-state index in [1.807, 2.05) is 6.92 Å². The molecule has 0 aromatic carbocycles. The lowest BCUT2D eigenvalue weighted by Crippen LogP contribution is -2.42. The van der Waals surface area contributed by atoms with E-state index < -0.39 is 10.2 Å². The highest BCUT2D eigenvalue weighted by Crippen LogP contribution is 2.23. The third-order valence-electron chi connectivity index (χ3n) is 1.68. The summed E-state index contributed by atoms with van der Waals surface area (Å²) in [5.74, 6) is 2.23. The molecule has 0 radical (unpaired) electrons. The molecule has 1 fully saturated rings. The van der Waals surface area contributed by atoms with Crippen molar-refractivity contribution >= 4 is 22.0 Å². The Hall–Kier alpha value is 0.220. The van der Waals surface area contributed by atoms with Gasteiger partial charge in [-0.3, -0.25) is 0 Å². The number of hydrogen-bond donors (Lipinski definition) is 2. The van der Waals surface area contributed by atoms with Gasteiger partial charge in [0.15, 0.2) is 0 Å². The van der Waals surface area contributed by atoms with Crippen LogP contribution in [-0.2, 0) is 10.2 Å². The van der Waals surface area contributed by atoms with Crippen LogP contribution in [0.15, 0.2) is 0 Å². The second-order valence-corrected chi connectivity index (χ2v) is 5.18. The van der Waals surface area contributed by atoms with Crippen molar-refractivity contribution in [1.29, 1.82) is 0 Å². The monoisotopic (exact) mass is 196 g/mol. The fourth-order valence-corrected chi connectivity index (χ4v) is 3.27. The third kappa shape index (κ3) is 2.98. The maximum Gasteiger partial charge on any atom is 0.274 e. The molecule has 4 nitrogen and oxygen atoms in total. The minimum Gasteiger partial charge on any atom is -0.216 e. The molecule has 1 rings (SSSR count). The molecule has 1 saturated heterocycles. The standard InChI is InChI=1S/C5H12N2O2S2/c1-4-2-10-3-5(4)7-11(6,8)9/h4-5,7H,2-3H2,1H3,(H2,6,8,9). The first-order valence-electron chi connectivity index (χ1n) is 3.37. The fraction of sp³-hybridized carbons (Fsp3) is 1.00. The Bertz CT molecular complexity index is 227. The van der Waals surface area contributed by atoms with Crippen LogP contribution in [0.1, 0.15) is 6.92 Å². The summed E-state index contributed by atoms with van der Waals surface area (Å²) in [5, 5.41) is 4.83. The Balaban J connectivity index is 2.50. The quantitative estimate of drug-likeness (QED) is 0.627. The van der Waals surface area contributed by atoms with E-state index in [0.29, 0.717) is 5.92 Å². The van der Waals surface area contributed by atoms with E-state index in [4.69, 9.17) is 5.14 Å². The van der Waals surface area contributed by atoms with Crippen LogP contribution >= 0.6 is 11.8 Å². The summed E-state index contributed by atoms with van der Waals surface area (Å²) < 4.78 is 23.6. The van der Waals surface area contributed by atoms with Crippen LogP contribution in [0.3, 0.4) is 0 Å². The molecule has 0 amide bonds.